The summed E-state index contributed by atoms with van der Waals surface area (Å²) in [6.07, 6.45) is 57.3. The van der Waals surface area contributed by atoms with Crippen molar-refractivity contribution in [3.8, 4) is 0 Å². The van der Waals surface area contributed by atoms with Crippen LogP contribution >= 0.6 is 0 Å². The van der Waals surface area contributed by atoms with Crippen molar-refractivity contribution in [3.05, 3.63) is 24.3 Å². The zero-order valence-corrected chi connectivity index (χ0v) is 40.9. The van der Waals surface area contributed by atoms with Crippen LogP contribution in [-0.4, -0.2) is 37.2 Å². The van der Waals surface area contributed by atoms with Crippen molar-refractivity contribution < 1.29 is 28.6 Å². The van der Waals surface area contributed by atoms with E-state index in [9.17, 15) is 14.4 Å². The van der Waals surface area contributed by atoms with E-state index in [4.69, 9.17) is 14.2 Å². The molecule has 0 aromatic heterocycles. The normalized spacial score (nSPS) is 12.1. The van der Waals surface area contributed by atoms with Crippen molar-refractivity contribution in [3.63, 3.8) is 0 Å². The highest BCUT2D eigenvalue weighted by Crippen LogP contribution is 2.16. The molecular weight excluding hydrogens is 757 g/mol. The lowest BCUT2D eigenvalue weighted by Crippen LogP contribution is -2.30. The van der Waals surface area contributed by atoms with E-state index in [1.54, 1.807) is 0 Å². The first-order chi connectivity index (χ1) is 30.0. The van der Waals surface area contributed by atoms with Gasteiger partial charge in [-0.3, -0.25) is 14.4 Å². The number of carbonyl (C=O) groups excluding carboxylic acids is 3. The molecule has 0 aliphatic heterocycles. The minimum Gasteiger partial charge on any atom is -0.462 e. The molecule has 358 valence electrons. The third-order valence-electron chi connectivity index (χ3n) is 12.0. The fraction of sp³-hybridized carbons (Fsp3) is 0.873. The van der Waals surface area contributed by atoms with Crippen molar-refractivity contribution in [1.29, 1.82) is 0 Å². The van der Waals surface area contributed by atoms with Crippen molar-refractivity contribution in [2.24, 2.45) is 0 Å². The second kappa shape index (κ2) is 50.5. The molecule has 0 amide bonds. The standard InChI is InChI=1S/C55H102O6/c1-4-7-10-13-16-19-22-25-27-30-33-36-39-42-45-48-54(57)60-51-52(50-59-53(56)47-44-41-38-35-32-29-24-21-18-15-12-9-6-3)61-55(58)49-46-43-40-37-34-31-28-26-23-20-17-14-11-8-5-2/h16,19,25,27,52H,4-15,17-18,20-24,26,28-51H2,1-3H3/b19-16-,27-25-. The summed E-state index contributed by atoms with van der Waals surface area (Å²) in [5.74, 6) is -0.868. The molecule has 6 nitrogen and oxygen atoms in total. The van der Waals surface area contributed by atoms with Crippen LogP contribution in [0.5, 0.6) is 0 Å². The highest BCUT2D eigenvalue weighted by molar-refractivity contribution is 5.71. The van der Waals surface area contributed by atoms with Crippen LogP contribution in [0, 0.1) is 0 Å². The molecule has 0 N–H and O–H groups in total. The van der Waals surface area contributed by atoms with E-state index in [-0.39, 0.29) is 31.1 Å². The maximum Gasteiger partial charge on any atom is 0.306 e. The summed E-state index contributed by atoms with van der Waals surface area (Å²) in [5, 5.41) is 0. The summed E-state index contributed by atoms with van der Waals surface area (Å²) in [4.78, 5) is 38.0. The molecule has 0 rings (SSSR count). The van der Waals surface area contributed by atoms with Gasteiger partial charge in [0, 0.05) is 19.3 Å². The van der Waals surface area contributed by atoms with Gasteiger partial charge in [0.05, 0.1) is 0 Å². The van der Waals surface area contributed by atoms with Crippen LogP contribution in [0.2, 0.25) is 0 Å². The predicted octanol–water partition coefficient (Wildman–Crippen LogP) is 17.5. The fourth-order valence-electron chi connectivity index (χ4n) is 7.89. The number of carbonyl (C=O) groups is 3. The highest BCUT2D eigenvalue weighted by Gasteiger charge is 2.19. The molecule has 0 fully saturated rings. The van der Waals surface area contributed by atoms with Crippen LogP contribution in [0.3, 0.4) is 0 Å². The van der Waals surface area contributed by atoms with Crippen LogP contribution in [-0.2, 0) is 28.6 Å². The fourth-order valence-corrected chi connectivity index (χ4v) is 7.89. The molecule has 1 atom stereocenters. The van der Waals surface area contributed by atoms with Crippen LogP contribution in [0.1, 0.15) is 290 Å². The molecule has 6 heteroatoms. The van der Waals surface area contributed by atoms with Crippen molar-refractivity contribution in [2.75, 3.05) is 13.2 Å². The second-order valence-electron chi connectivity index (χ2n) is 18.2. The van der Waals surface area contributed by atoms with E-state index in [1.165, 1.54) is 173 Å². The summed E-state index contributed by atoms with van der Waals surface area (Å²) < 4.78 is 16.8. The van der Waals surface area contributed by atoms with E-state index >= 15 is 0 Å². The molecule has 0 radical (unpaired) electrons. The van der Waals surface area contributed by atoms with E-state index in [2.05, 4.69) is 45.1 Å². The van der Waals surface area contributed by atoms with Gasteiger partial charge in [-0.2, -0.15) is 0 Å². The summed E-state index contributed by atoms with van der Waals surface area (Å²) in [6, 6.07) is 0. The average molecular weight is 859 g/mol. The Morgan fingerprint density at radius 2 is 0.590 bits per heavy atom. The largest absolute Gasteiger partial charge is 0.462 e. The molecule has 0 aliphatic rings. The van der Waals surface area contributed by atoms with E-state index < -0.39 is 6.10 Å². The van der Waals surface area contributed by atoms with Gasteiger partial charge in [0.2, 0.25) is 0 Å². The number of allylic oxidation sites excluding steroid dienone is 4. The Labute approximate surface area is 379 Å². The molecule has 0 aromatic rings. The summed E-state index contributed by atoms with van der Waals surface area (Å²) in [7, 11) is 0. The molecule has 0 aromatic carbocycles. The molecule has 0 aliphatic carbocycles. The molecule has 0 spiro atoms. The Balaban J connectivity index is 4.35. The molecule has 0 saturated heterocycles. The number of hydrogen-bond donors (Lipinski definition) is 0. The monoisotopic (exact) mass is 859 g/mol. The van der Waals surface area contributed by atoms with Crippen LogP contribution in [0.15, 0.2) is 24.3 Å². The highest BCUT2D eigenvalue weighted by atomic mass is 16.6. The zero-order valence-electron chi connectivity index (χ0n) is 40.9. The van der Waals surface area contributed by atoms with Crippen molar-refractivity contribution >= 4 is 17.9 Å². The Bertz CT molecular complexity index is 989. The third-order valence-corrected chi connectivity index (χ3v) is 12.0. The quantitative estimate of drug-likeness (QED) is 0.0262. The van der Waals surface area contributed by atoms with E-state index in [1.807, 2.05) is 0 Å². The molecule has 1 unspecified atom stereocenters. The molecular formula is C55H102O6. The number of esters is 3. The van der Waals surface area contributed by atoms with Gasteiger partial charge in [0.25, 0.3) is 0 Å². The third kappa shape index (κ3) is 48.8. The van der Waals surface area contributed by atoms with Crippen LogP contribution < -0.4 is 0 Å². The van der Waals surface area contributed by atoms with Gasteiger partial charge in [-0.1, -0.05) is 244 Å². The van der Waals surface area contributed by atoms with Gasteiger partial charge >= 0.3 is 17.9 Å². The lowest BCUT2D eigenvalue weighted by molar-refractivity contribution is -0.167. The van der Waals surface area contributed by atoms with Gasteiger partial charge in [-0.15, -0.1) is 0 Å². The molecule has 61 heavy (non-hydrogen) atoms. The maximum absolute atomic E-state index is 12.8. The Morgan fingerprint density at radius 3 is 0.934 bits per heavy atom. The van der Waals surface area contributed by atoms with E-state index in [0.717, 1.165) is 77.0 Å². The topological polar surface area (TPSA) is 78.9 Å². The average Bonchev–Trinajstić information content (AvgIpc) is 3.26. The Morgan fingerprint density at radius 1 is 0.328 bits per heavy atom. The van der Waals surface area contributed by atoms with Crippen molar-refractivity contribution in [1.82, 2.24) is 0 Å². The van der Waals surface area contributed by atoms with Gasteiger partial charge in [-0.05, 0) is 51.4 Å². The second-order valence-corrected chi connectivity index (χ2v) is 18.2. The number of hydrogen-bond acceptors (Lipinski definition) is 6. The SMILES string of the molecule is CCCCC/C=C\C/C=C\CCCCCCCC(=O)OCC(COC(=O)CCCCCCCCCCCCCCC)OC(=O)CCCCCCCCCCCCCCCCC. The number of ether oxygens (including phenoxy) is 3. The molecule has 0 saturated carbocycles. The van der Waals surface area contributed by atoms with Crippen molar-refractivity contribution in [2.45, 2.75) is 297 Å². The summed E-state index contributed by atoms with van der Waals surface area (Å²) in [5.41, 5.74) is 0. The zero-order chi connectivity index (χ0) is 44.4. The Kier molecular flexibility index (Phi) is 48.8. The predicted molar refractivity (Wildman–Crippen MR) is 261 cm³/mol. The minimum absolute atomic E-state index is 0.0706. The first kappa shape index (κ1) is 58.9. The van der Waals surface area contributed by atoms with Crippen LogP contribution in [0.25, 0.3) is 0 Å². The van der Waals surface area contributed by atoms with Gasteiger partial charge in [0.1, 0.15) is 13.2 Å². The minimum atomic E-state index is -0.770. The van der Waals surface area contributed by atoms with Gasteiger partial charge in [0.15, 0.2) is 6.10 Å². The number of rotatable bonds is 49. The van der Waals surface area contributed by atoms with Gasteiger partial charge < -0.3 is 14.2 Å². The summed E-state index contributed by atoms with van der Waals surface area (Å²) >= 11 is 0. The lowest BCUT2D eigenvalue weighted by Gasteiger charge is -2.18. The summed E-state index contributed by atoms with van der Waals surface area (Å²) in [6.45, 7) is 6.63. The maximum atomic E-state index is 12.8. The number of unbranched alkanes of at least 4 members (excludes halogenated alkanes) is 34. The van der Waals surface area contributed by atoms with Gasteiger partial charge in [-0.25, -0.2) is 0 Å². The smallest absolute Gasteiger partial charge is 0.306 e. The van der Waals surface area contributed by atoms with E-state index in [0.29, 0.717) is 19.3 Å². The van der Waals surface area contributed by atoms with Crippen LogP contribution in [0.4, 0.5) is 0 Å². The Hall–Kier alpha value is -2.11. The molecule has 0 heterocycles. The molecule has 0 bridgehead atoms. The first-order valence-electron chi connectivity index (χ1n) is 26.8. The first-order valence-corrected chi connectivity index (χ1v) is 26.8. The lowest BCUT2D eigenvalue weighted by atomic mass is 10.0.